The summed E-state index contributed by atoms with van der Waals surface area (Å²) in [6.07, 6.45) is 0.0494. The lowest BCUT2D eigenvalue weighted by Gasteiger charge is -2.34. The predicted molar refractivity (Wildman–Crippen MR) is 76.2 cm³/mol. The standard InChI is InChI=1S/C14H16BrNO3/c1-8-4-5-9(6-11(8)15)16-12(17)7-10(13(18)19)14(16,2)3/h4-6,10H,7H2,1-3H3,(H,18,19). The number of benzene rings is 1. The fourth-order valence-corrected chi connectivity index (χ4v) is 2.95. The molecule has 102 valence electrons. The quantitative estimate of drug-likeness (QED) is 0.909. The van der Waals surface area contributed by atoms with Crippen LogP contribution in [0.3, 0.4) is 0 Å². The van der Waals surface area contributed by atoms with Gasteiger partial charge in [0, 0.05) is 16.6 Å². The molecule has 1 saturated heterocycles. The zero-order valence-electron chi connectivity index (χ0n) is 11.1. The van der Waals surface area contributed by atoms with Gasteiger partial charge in [0.25, 0.3) is 0 Å². The number of anilines is 1. The van der Waals surface area contributed by atoms with Crippen LogP contribution in [0.15, 0.2) is 22.7 Å². The van der Waals surface area contributed by atoms with Crippen LogP contribution in [0.4, 0.5) is 5.69 Å². The lowest BCUT2D eigenvalue weighted by Crippen LogP contribution is -2.46. The number of nitrogens with zero attached hydrogens (tertiary/aromatic N) is 1. The summed E-state index contributed by atoms with van der Waals surface area (Å²) in [5.74, 6) is -1.75. The molecule has 0 radical (unpaired) electrons. The Morgan fingerprint density at radius 2 is 2.11 bits per heavy atom. The highest BCUT2D eigenvalue weighted by molar-refractivity contribution is 9.10. The molecule has 1 aliphatic heterocycles. The Bertz CT molecular complexity index is 554. The minimum atomic E-state index is -0.924. The molecule has 0 saturated carbocycles. The van der Waals surface area contributed by atoms with Gasteiger partial charge in [-0.15, -0.1) is 0 Å². The van der Waals surface area contributed by atoms with Gasteiger partial charge in [-0.1, -0.05) is 22.0 Å². The number of aliphatic carboxylic acids is 1. The van der Waals surface area contributed by atoms with Crippen molar-refractivity contribution in [2.75, 3.05) is 4.90 Å². The predicted octanol–water partition coefficient (Wildman–Crippen LogP) is 2.97. The Balaban J connectivity index is 2.46. The highest BCUT2D eigenvalue weighted by atomic mass is 79.9. The lowest BCUT2D eigenvalue weighted by atomic mass is 9.88. The van der Waals surface area contributed by atoms with Gasteiger partial charge >= 0.3 is 5.97 Å². The van der Waals surface area contributed by atoms with E-state index in [9.17, 15) is 14.7 Å². The normalized spacial score (nSPS) is 21.8. The Hall–Kier alpha value is -1.36. The van der Waals surface area contributed by atoms with E-state index in [2.05, 4.69) is 15.9 Å². The van der Waals surface area contributed by atoms with Crippen molar-refractivity contribution in [3.8, 4) is 0 Å². The Morgan fingerprint density at radius 1 is 1.47 bits per heavy atom. The third kappa shape index (κ3) is 2.27. The molecular weight excluding hydrogens is 310 g/mol. The van der Waals surface area contributed by atoms with E-state index in [0.717, 1.165) is 15.7 Å². The van der Waals surface area contributed by atoms with Crippen molar-refractivity contribution in [3.05, 3.63) is 28.2 Å². The molecule has 0 aliphatic carbocycles. The van der Waals surface area contributed by atoms with E-state index in [0.29, 0.717) is 0 Å². The Kier molecular flexibility index (Phi) is 3.43. The van der Waals surface area contributed by atoms with Crippen molar-refractivity contribution < 1.29 is 14.7 Å². The molecule has 0 bridgehead atoms. The summed E-state index contributed by atoms with van der Waals surface area (Å²) in [5.41, 5.74) is 1.08. The first-order valence-corrected chi connectivity index (χ1v) is 6.86. The number of carboxylic acids is 1. The Morgan fingerprint density at radius 3 is 2.58 bits per heavy atom. The fourth-order valence-electron chi connectivity index (χ4n) is 2.58. The van der Waals surface area contributed by atoms with Crippen LogP contribution < -0.4 is 4.90 Å². The van der Waals surface area contributed by atoms with Crippen LogP contribution in [-0.2, 0) is 9.59 Å². The van der Waals surface area contributed by atoms with Crippen LogP contribution in [0, 0.1) is 12.8 Å². The molecule has 2 rings (SSSR count). The number of amides is 1. The van der Waals surface area contributed by atoms with Crippen molar-refractivity contribution >= 4 is 33.5 Å². The van der Waals surface area contributed by atoms with Gasteiger partial charge in [-0.05, 0) is 38.5 Å². The molecular formula is C14H16BrNO3. The van der Waals surface area contributed by atoms with Crippen LogP contribution in [-0.4, -0.2) is 22.5 Å². The Labute approximate surface area is 120 Å². The molecule has 1 aliphatic rings. The first kappa shape index (κ1) is 14.1. The van der Waals surface area contributed by atoms with Gasteiger partial charge in [0.2, 0.25) is 5.91 Å². The molecule has 1 heterocycles. The zero-order valence-corrected chi connectivity index (χ0v) is 12.7. The summed E-state index contributed by atoms with van der Waals surface area (Å²) >= 11 is 3.44. The van der Waals surface area contributed by atoms with Crippen molar-refractivity contribution in [2.24, 2.45) is 5.92 Å². The lowest BCUT2D eigenvalue weighted by molar-refractivity contribution is -0.143. The molecule has 1 amide bonds. The van der Waals surface area contributed by atoms with E-state index in [1.165, 1.54) is 0 Å². The third-order valence-corrected chi connectivity index (χ3v) is 4.62. The van der Waals surface area contributed by atoms with Gasteiger partial charge < -0.3 is 10.0 Å². The second kappa shape index (κ2) is 4.63. The SMILES string of the molecule is Cc1ccc(N2C(=O)CC(C(=O)O)C2(C)C)cc1Br. The van der Waals surface area contributed by atoms with Crippen LogP contribution in [0.1, 0.15) is 25.8 Å². The summed E-state index contributed by atoms with van der Waals surface area (Å²) in [7, 11) is 0. The number of hydrogen-bond donors (Lipinski definition) is 1. The number of carbonyl (C=O) groups excluding carboxylic acids is 1. The summed E-state index contributed by atoms with van der Waals surface area (Å²) in [4.78, 5) is 25.0. The van der Waals surface area contributed by atoms with E-state index < -0.39 is 17.4 Å². The number of hydrogen-bond acceptors (Lipinski definition) is 2. The van der Waals surface area contributed by atoms with Gasteiger partial charge in [-0.25, -0.2) is 0 Å². The van der Waals surface area contributed by atoms with Gasteiger partial charge in [-0.3, -0.25) is 9.59 Å². The highest BCUT2D eigenvalue weighted by Crippen LogP contribution is 2.40. The molecule has 1 N–H and O–H groups in total. The molecule has 1 aromatic carbocycles. The monoisotopic (exact) mass is 325 g/mol. The first-order valence-electron chi connectivity index (χ1n) is 6.07. The van der Waals surface area contributed by atoms with Crippen molar-refractivity contribution in [2.45, 2.75) is 32.7 Å². The molecule has 5 heteroatoms. The number of carbonyl (C=O) groups is 2. The molecule has 1 aromatic rings. The first-order chi connectivity index (χ1) is 8.75. The number of rotatable bonds is 2. The van der Waals surface area contributed by atoms with Gasteiger partial charge in [0.15, 0.2) is 0 Å². The van der Waals surface area contributed by atoms with Gasteiger partial charge in [0.1, 0.15) is 0 Å². The van der Waals surface area contributed by atoms with Crippen molar-refractivity contribution in [3.63, 3.8) is 0 Å². The molecule has 0 aromatic heterocycles. The number of halogens is 1. The van der Waals surface area contributed by atoms with E-state index >= 15 is 0 Å². The van der Waals surface area contributed by atoms with Crippen LogP contribution in [0.25, 0.3) is 0 Å². The maximum Gasteiger partial charge on any atom is 0.309 e. The second-order valence-corrected chi connectivity index (χ2v) is 6.27. The highest BCUT2D eigenvalue weighted by Gasteiger charge is 2.50. The second-order valence-electron chi connectivity index (χ2n) is 5.41. The average molecular weight is 326 g/mol. The van der Waals surface area contributed by atoms with Gasteiger partial charge in [-0.2, -0.15) is 0 Å². The van der Waals surface area contributed by atoms with E-state index in [-0.39, 0.29) is 12.3 Å². The van der Waals surface area contributed by atoms with Crippen LogP contribution in [0.5, 0.6) is 0 Å². The zero-order chi connectivity index (χ0) is 14.4. The fraction of sp³-hybridized carbons (Fsp3) is 0.429. The topological polar surface area (TPSA) is 57.6 Å². The molecule has 1 unspecified atom stereocenters. The van der Waals surface area contributed by atoms with Crippen molar-refractivity contribution in [1.29, 1.82) is 0 Å². The van der Waals surface area contributed by atoms with Gasteiger partial charge in [0.05, 0.1) is 11.5 Å². The molecule has 19 heavy (non-hydrogen) atoms. The number of carboxylic acid groups (broad SMARTS) is 1. The van der Waals surface area contributed by atoms with Crippen molar-refractivity contribution in [1.82, 2.24) is 0 Å². The smallest absolute Gasteiger partial charge is 0.309 e. The molecule has 1 fully saturated rings. The average Bonchev–Trinajstić information content (AvgIpc) is 2.53. The summed E-state index contributed by atoms with van der Waals surface area (Å²) in [6.45, 7) is 5.56. The van der Waals surface area contributed by atoms with Crippen LogP contribution >= 0.6 is 15.9 Å². The largest absolute Gasteiger partial charge is 0.481 e. The minimum Gasteiger partial charge on any atom is -0.481 e. The molecule has 1 atom stereocenters. The minimum absolute atomic E-state index is 0.0494. The summed E-state index contributed by atoms with van der Waals surface area (Å²) < 4.78 is 0.910. The summed E-state index contributed by atoms with van der Waals surface area (Å²) in [5, 5.41) is 9.24. The van der Waals surface area contributed by atoms with Crippen LogP contribution in [0.2, 0.25) is 0 Å². The molecule has 0 spiro atoms. The maximum absolute atomic E-state index is 12.1. The maximum atomic E-state index is 12.1. The molecule has 4 nitrogen and oxygen atoms in total. The van der Waals surface area contributed by atoms with E-state index in [4.69, 9.17) is 0 Å². The number of aryl methyl sites for hydroxylation is 1. The van der Waals surface area contributed by atoms with E-state index in [1.807, 2.05) is 25.1 Å². The summed E-state index contributed by atoms with van der Waals surface area (Å²) in [6, 6.07) is 5.63. The third-order valence-electron chi connectivity index (χ3n) is 3.77. The van der Waals surface area contributed by atoms with E-state index in [1.54, 1.807) is 18.7 Å².